The van der Waals surface area contributed by atoms with E-state index in [1.54, 1.807) is 0 Å². The summed E-state index contributed by atoms with van der Waals surface area (Å²) in [5.41, 5.74) is 3.61. The molecule has 0 aliphatic carbocycles. The van der Waals surface area contributed by atoms with Crippen LogP contribution in [0.15, 0.2) is 42.5 Å². The minimum Gasteiger partial charge on any atom is -0.425 e. The molecule has 5 heteroatoms. The lowest BCUT2D eigenvalue weighted by Gasteiger charge is -2.26. The third kappa shape index (κ3) is 7.10. The second-order valence-electron chi connectivity index (χ2n) is 8.10. The van der Waals surface area contributed by atoms with Gasteiger partial charge in [-0.05, 0) is 66.3 Å². The lowest BCUT2D eigenvalue weighted by atomic mass is 9.80. The van der Waals surface area contributed by atoms with Crippen LogP contribution >= 0.6 is 17.1 Å². The lowest BCUT2D eigenvalue weighted by Crippen LogP contribution is -2.16. The minimum atomic E-state index is -2.95. The molecule has 0 bridgehead atoms. The molecule has 0 amide bonds. The maximum atomic E-state index is 6.43. The van der Waals surface area contributed by atoms with E-state index in [-0.39, 0.29) is 5.41 Å². The Labute approximate surface area is 180 Å². The number of aryl methyl sites for hydroxylation is 2. The molecule has 154 valence electrons. The SMILES string of the molecule is CCCCCCC(C)(C)c1ccc(OP(=S)(Cl)Oc2ccc(C)cc2C)cc1. The fourth-order valence-electron chi connectivity index (χ4n) is 3.27. The van der Waals surface area contributed by atoms with Gasteiger partial charge in [-0.15, -0.1) is 0 Å². The second-order valence-corrected chi connectivity index (χ2v) is 12.7. The topological polar surface area (TPSA) is 18.5 Å². The van der Waals surface area contributed by atoms with Gasteiger partial charge in [0.25, 0.3) is 0 Å². The third-order valence-corrected chi connectivity index (χ3v) is 6.75. The van der Waals surface area contributed by atoms with Crippen molar-refractivity contribution in [1.29, 1.82) is 0 Å². The summed E-state index contributed by atoms with van der Waals surface area (Å²) in [6.45, 7) is 10.9. The van der Waals surface area contributed by atoms with Crippen LogP contribution in [0.25, 0.3) is 0 Å². The first kappa shape index (κ1) is 23.3. The summed E-state index contributed by atoms with van der Waals surface area (Å²) in [6.07, 6.45) is 6.30. The molecule has 2 aromatic carbocycles. The normalized spacial score (nSPS) is 13.8. The molecular weight excluding hydrogens is 407 g/mol. The molecule has 2 nitrogen and oxygen atoms in total. The first-order valence-electron chi connectivity index (χ1n) is 10.00. The fourth-order valence-corrected chi connectivity index (χ4v) is 5.08. The predicted octanol–water partition coefficient (Wildman–Crippen LogP) is 8.47. The summed E-state index contributed by atoms with van der Waals surface area (Å²) < 4.78 is 11.7. The lowest BCUT2D eigenvalue weighted by molar-refractivity contribution is 0.445. The van der Waals surface area contributed by atoms with Gasteiger partial charge in [-0.1, -0.05) is 76.3 Å². The molecule has 0 spiro atoms. The van der Waals surface area contributed by atoms with Crippen LogP contribution in [0.5, 0.6) is 11.5 Å². The molecule has 2 rings (SSSR count). The predicted molar refractivity (Wildman–Crippen MR) is 126 cm³/mol. The van der Waals surface area contributed by atoms with Gasteiger partial charge in [0.15, 0.2) is 0 Å². The van der Waals surface area contributed by atoms with Crippen LogP contribution in [0.3, 0.4) is 0 Å². The number of benzene rings is 2. The van der Waals surface area contributed by atoms with Crippen molar-refractivity contribution < 1.29 is 9.05 Å². The largest absolute Gasteiger partial charge is 0.425 e. The number of hydrogen-bond donors (Lipinski definition) is 0. The van der Waals surface area contributed by atoms with Gasteiger partial charge in [0.2, 0.25) is 0 Å². The molecule has 28 heavy (non-hydrogen) atoms. The maximum Gasteiger partial charge on any atom is 0.384 e. The highest BCUT2D eigenvalue weighted by atomic mass is 35.7. The highest BCUT2D eigenvalue weighted by Gasteiger charge is 2.22. The van der Waals surface area contributed by atoms with Crippen LogP contribution in [0.2, 0.25) is 0 Å². The van der Waals surface area contributed by atoms with Gasteiger partial charge in [0.05, 0.1) is 0 Å². The quantitative estimate of drug-likeness (QED) is 0.273. The van der Waals surface area contributed by atoms with Gasteiger partial charge in [0.1, 0.15) is 11.5 Å². The first-order valence-corrected chi connectivity index (χ1v) is 13.5. The zero-order valence-corrected chi connectivity index (χ0v) is 20.1. The van der Waals surface area contributed by atoms with E-state index in [0.717, 1.165) is 5.56 Å². The number of halogens is 1. The Morgan fingerprint density at radius 3 is 2.25 bits per heavy atom. The Morgan fingerprint density at radius 1 is 0.964 bits per heavy atom. The van der Waals surface area contributed by atoms with E-state index in [1.807, 2.05) is 44.2 Å². The molecule has 1 atom stereocenters. The molecule has 0 heterocycles. The number of rotatable bonds is 10. The molecule has 0 N–H and O–H groups in total. The van der Waals surface area contributed by atoms with Crippen LogP contribution in [0.1, 0.15) is 69.6 Å². The van der Waals surface area contributed by atoms with Gasteiger partial charge in [-0.3, -0.25) is 0 Å². The highest BCUT2D eigenvalue weighted by molar-refractivity contribution is 8.22. The Kier molecular flexibility index (Phi) is 8.43. The monoisotopic (exact) mass is 438 g/mol. The van der Waals surface area contributed by atoms with E-state index in [1.165, 1.54) is 43.2 Å². The van der Waals surface area contributed by atoms with Crippen molar-refractivity contribution >= 4 is 28.9 Å². The van der Waals surface area contributed by atoms with Crippen molar-refractivity contribution in [3.05, 3.63) is 59.2 Å². The number of unbranched alkanes of at least 4 members (excludes halogenated alkanes) is 3. The van der Waals surface area contributed by atoms with Crippen molar-refractivity contribution in [1.82, 2.24) is 0 Å². The third-order valence-electron chi connectivity index (χ3n) is 5.04. The van der Waals surface area contributed by atoms with Gasteiger partial charge in [0, 0.05) is 11.8 Å². The summed E-state index contributed by atoms with van der Waals surface area (Å²) in [4.78, 5) is 0. The van der Waals surface area contributed by atoms with Crippen molar-refractivity contribution in [2.45, 2.75) is 72.1 Å². The molecule has 0 fully saturated rings. The van der Waals surface area contributed by atoms with Crippen LogP contribution in [-0.4, -0.2) is 0 Å². The minimum absolute atomic E-state index is 0.142. The van der Waals surface area contributed by atoms with Crippen LogP contribution in [0, 0.1) is 13.8 Å². The van der Waals surface area contributed by atoms with E-state index in [0.29, 0.717) is 11.5 Å². The highest BCUT2D eigenvalue weighted by Crippen LogP contribution is 2.54. The van der Waals surface area contributed by atoms with Gasteiger partial charge in [-0.2, -0.15) is 0 Å². The van der Waals surface area contributed by atoms with Crippen LogP contribution < -0.4 is 9.05 Å². The Morgan fingerprint density at radius 2 is 1.64 bits per heavy atom. The molecule has 0 saturated heterocycles. The van der Waals surface area contributed by atoms with E-state index >= 15 is 0 Å². The second kappa shape index (κ2) is 10.1. The van der Waals surface area contributed by atoms with Crippen LogP contribution in [-0.2, 0) is 17.2 Å². The Bertz CT molecular complexity index is 818. The van der Waals surface area contributed by atoms with E-state index in [4.69, 9.17) is 32.1 Å². The van der Waals surface area contributed by atoms with Crippen molar-refractivity contribution in [3.63, 3.8) is 0 Å². The zero-order chi connectivity index (χ0) is 20.8. The molecule has 0 aliphatic rings. The summed E-state index contributed by atoms with van der Waals surface area (Å²) in [5.74, 6) is -1.63. The fraction of sp³-hybridized carbons (Fsp3) is 0.478. The van der Waals surface area contributed by atoms with Crippen molar-refractivity contribution in [3.8, 4) is 11.5 Å². The van der Waals surface area contributed by atoms with E-state index in [2.05, 4.69) is 32.9 Å². The summed E-state index contributed by atoms with van der Waals surface area (Å²) in [5, 5.41) is 0. The molecule has 0 radical (unpaired) electrons. The molecule has 0 saturated carbocycles. The van der Waals surface area contributed by atoms with E-state index < -0.39 is 5.84 Å². The zero-order valence-electron chi connectivity index (χ0n) is 17.6. The molecule has 0 aliphatic heterocycles. The van der Waals surface area contributed by atoms with Crippen LogP contribution in [0.4, 0.5) is 0 Å². The smallest absolute Gasteiger partial charge is 0.384 e. The average Bonchev–Trinajstić information content (AvgIpc) is 2.61. The van der Waals surface area contributed by atoms with Gasteiger partial charge < -0.3 is 9.05 Å². The molecule has 1 unspecified atom stereocenters. The van der Waals surface area contributed by atoms with Crippen molar-refractivity contribution in [2.75, 3.05) is 0 Å². The molecule has 2 aromatic rings. The maximum absolute atomic E-state index is 6.43. The Balaban J connectivity index is 2.01. The summed E-state index contributed by atoms with van der Waals surface area (Å²) in [7, 11) is 0. The van der Waals surface area contributed by atoms with Crippen molar-refractivity contribution in [2.24, 2.45) is 0 Å². The number of hydrogen-bond acceptors (Lipinski definition) is 3. The van der Waals surface area contributed by atoms with Gasteiger partial charge >= 0.3 is 5.84 Å². The van der Waals surface area contributed by atoms with Gasteiger partial charge in [-0.25, -0.2) is 0 Å². The van der Waals surface area contributed by atoms with E-state index in [9.17, 15) is 0 Å². The average molecular weight is 439 g/mol. The molecular formula is C23H32ClO2PS. The molecule has 0 aromatic heterocycles. The Hall–Kier alpha value is -1.02. The first-order chi connectivity index (χ1) is 13.1. The summed E-state index contributed by atoms with van der Waals surface area (Å²) in [6, 6.07) is 14.0. The summed E-state index contributed by atoms with van der Waals surface area (Å²) >= 11 is 11.8. The standard InChI is InChI=1S/C23H32ClO2PS/c1-6-7-8-9-16-23(4,5)20-11-13-21(14-12-20)25-27(24,28)26-22-15-10-18(2)17-19(22)3/h10-15,17H,6-9,16H2,1-5H3.